The summed E-state index contributed by atoms with van der Waals surface area (Å²) in [5.74, 6) is -4.18. The van der Waals surface area contributed by atoms with E-state index >= 15 is 0 Å². The number of amides is 1. The summed E-state index contributed by atoms with van der Waals surface area (Å²) in [5, 5.41) is -0.791. The summed E-state index contributed by atoms with van der Waals surface area (Å²) >= 11 is 0.563. The van der Waals surface area contributed by atoms with Gasteiger partial charge in [-0.15, -0.1) is 11.8 Å². The predicted molar refractivity (Wildman–Crippen MR) is 101 cm³/mol. The van der Waals surface area contributed by atoms with Crippen molar-refractivity contribution in [1.82, 2.24) is 4.90 Å². The highest BCUT2D eigenvalue weighted by atomic mass is 32.2. The summed E-state index contributed by atoms with van der Waals surface area (Å²) in [6.45, 7) is 5.85. The number of hydrogen-bond donors (Lipinski definition) is 0. The van der Waals surface area contributed by atoms with Crippen molar-refractivity contribution >= 4 is 47.3 Å². The maximum absolute atomic E-state index is 12.7. The van der Waals surface area contributed by atoms with Gasteiger partial charge in [-0.05, 0) is 32.5 Å². The lowest BCUT2D eigenvalue weighted by atomic mass is 10.0. The summed E-state index contributed by atoms with van der Waals surface area (Å²) < 4.78 is 51.8. The third-order valence-corrected chi connectivity index (χ3v) is 5.67. The second kappa shape index (κ2) is 9.08. The van der Waals surface area contributed by atoms with Crippen LogP contribution in [-0.2, 0) is 33.4 Å². The van der Waals surface area contributed by atoms with Crippen molar-refractivity contribution in [2.24, 2.45) is 0 Å². The van der Waals surface area contributed by atoms with Crippen LogP contribution in [0.3, 0.4) is 0 Å². The highest BCUT2D eigenvalue weighted by molar-refractivity contribution is 8.00. The Hall–Kier alpha value is -1.89. The Balaban J connectivity index is 2.17. The molecular weight excluding hydrogens is 451 g/mol. The van der Waals surface area contributed by atoms with Crippen LogP contribution in [0.1, 0.15) is 27.7 Å². The number of nitrogens with zero attached hydrogens (tertiary/aromatic N) is 1. The fourth-order valence-corrected chi connectivity index (χ4v) is 4.20. The van der Waals surface area contributed by atoms with Crippen molar-refractivity contribution in [3.05, 3.63) is 11.3 Å². The number of esters is 3. The first-order chi connectivity index (χ1) is 13.7. The minimum Gasteiger partial charge on any atom is -0.461 e. The second-order valence-corrected chi connectivity index (χ2v) is 9.43. The average Bonchev–Trinajstić information content (AvgIpc) is 2.59. The topological polar surface area (TPSA) is 99.2 Å². The largest absolute Gasteiger partial charge is 0.461 e. The van der Waals surface area contributed by atoms with Crippen molar-refractivity contribution in [3.63, 3.8) is 0 Å². The van der Waals surface area contributed by atoms with E-state index in [4.69, 9.17) is 14.2 Å². The molecule has 0 aliphatic carbocycles. The molecule has 168 valence electrons. The molecule has 0 aromatic heterocycles. The van der Waals surface area contributed by atoms with Crippen molar-refractivity contribution < 1.29 is 46.6 Å². The molecule has 1 saturated heterocycles. The van der Waals surface area contributed by atoms with E-state index in [9.17, 15) is 32.3 Å². The van der Waals surface area contributed by atoms with Gasteiger partial charge >= 0.3 is 23.4 Å². The Morgan fingerprint density at radius 1 is 1.23 bits per heavy atom. The molecule has 2 heterocycles. The van der Waals surface area contributed by atoms with E-state index in [1.807, 2.05) is 0 Å². The van der Waals surface area contributed by atoms with Gasteiger partial charge in [0.2, 0.25) is 6.10 Å². The molecule has 13 heteroatoms. The average molecular weight is 471 g/mol. The minimum absolute atomic E-state index is 0.114. The minimum atomic E-state index is -4.60. The molecule has 0 aromatic rings. The number of halogens is 3. The zero-order valence-corrected chi connectivity index (χ0v) is 18.2. The van der Waals surface area contributed by atoms with Gasteiger partial charge in [0.05, 0.1) is 0 Å². The molecule has 0 spiro atoms. The summed E-state index contributed by atoms with van der Waals surface area (Å²) in [4.78, 5) is 49.1. The third-order valence-electron chi connectivity index (χ3n) is 3.65. The predicted octanol–water partition coefficient (Wildman–Crippen LogP) is 2.23. The van der Waals surface area contributed by atoms with Gasteiger partial charge < -0.3 is 14.2 Å². The third kappa shape index (κ3) is 6.30. The molecule has 0 N–H and O–H groups in total. The van der Waals surface area contributed by atoms with E-state index < -0.39 is 63.9 Å². The quantitative estimate of drug-likeness (QED) is 0.328. The number of alkyl halides is 3. The highest BCUT2D eigenvalue weighted by Gasteiger charge is 2.56. The van der Waals surface area contributed by atoms with E-state index in [0.29, 0.717) is 5.57 Å². The summed E-state index contributed by atoms with van der Waals surface area (Å²) in [6.07, 6.45) is -1.32. The van der Waals surface area contributed by atoms with Crippen LogP contribution in [0, 0.1) is 0 Å². The van der Waals surface area contributed by atoms with Crippen LogP contribution in [-0.4, -0.2) is 69.4 Å². The fraction of sp³-hybridized carbons (Fsp3) is 0.647. The molecule has 2 aliphatic heterocycles. The van der Waals surface area contributed by atoms with E-state index in [1.165, 1.54) is 6.92 Å². The molecule has 0 radical (unpaired) electrons. The Labute approximate surface area is 178 Å². The zero-order valence-electron chi connectivity index (χ0n) is 16.5. The summed E-state index contributed by atoms with van der Waals surface area (Å²) in [6, 6.07) is 0. The molecule has 2 aliphatic rings. The number of rotatable bonds is 6. The van der Waals surface area contributed by atoms with Crippen LogP contribution < -0.4 is 0 Å². The number of fused-ring (bicyclic) bond motifs is 1. The molecule has 1 amide bonds. The zero-order chi connectivity index (χ0) is 22.9. The summed E-state index contributed by atoms with van der Waals surface area (Å²) in [5.41, 5.74) is -5.25. The van der Waals surface area contributed by atoms with Gasteiger partial charge in [-0.25, -0.2) is 4.79 Å². The molecule has 0 unspecified atom stereocenters. The highest BCUT2D eigenvalue weighted by Crippen LogP contribution is 2.42. The number of thioether (sulfide) groups is 2. The first kappa shape index (κ1) is 24.4. The first-order valence-corrected chi connectivity index (χ1v) is 10.7. The van der Waals surface area contributed by atoms with Gasteiger partial charge in [0.15, 0.2) is 0 Å². The molecular formula is C17H20F3NO7S2. The van der Waals surface area contributed by atoms with Crippen LogP contribution in [0.25, 0.3) is 0 Å². The van der Waals surface area contributed by atoms with Gasteiger partial charge in [-0.1, -0.05) is 0 Å². The van der Waals surface area contributed by atoms with Gasteiger partial charge in [0, 0.05) is 18.2 Å². The van der Waals surface area contributed by atoms with Gasteiger partial charge in [0.1, 0.15) is 29.0 Å². The lowest BCUT2D eigenvalue weighted by molar-refractivity contribution is -0.175. The van der Waals surface area contributed by atoms with E-state index in [1.54, 1.807) is 20.8 Å². The van der Waals surface area contributed by atoms with E-state index in [0.717, 1.165) is 16.7 Å². The van der Waals surface area contributed by atoms with E-state index in [-0.39, 0.29) is 18.1 Å². The lowest BCUT2D eigenvalue weighted by Gasteiger charge is -2.48. The molecule has 0 aromatic carbocycles. The van der Waals surface area contributed by atoms with Crippen molar-refractivity contribution in [3.8, 4) is 0 Å². The Kier molecular flexibility index (Phi) is 7.38. The molecule has 0 bridgehead atoms. The molecule has 1 fully saturated rings. The van der Waals surface area contributed by atoms with Crippen LogP contribution in [0.15, 0.2) is 11.3 Å². The SMILES string of the molecule is CC(=O)OCC1=C(C(=O)OC(C)(C)C)N2C(=O)[C@H](OC(=O)CSC(F)(F)F)[C@H]2SC1. The van der Waals surface area contributed by atoms with Gasteiger partial charge in [0.25, 0.3) is 5.91 Å². The monoisotopic (exact) mass is 471 g/mol. The van der Waals surface area contributed by atoms with Crippen molar-refractivity contribution in [2.45, 2.75) is 50.3 Å². The van der Waals surface area contributed by atoms with Gasteiger partial charge in [-0.2, -0.15) is 13.2 Å². The van der Waals surface area contributed by atoms with Gasteiger partial charge in [-0.3, -0.25) is 19.3 Å². The summed E-state index contributed by atoms with van der Waals surface area (Å²) in [7, 11) is 0. The standard InChI is InChI=1S/C17H20F3NO7S2/c1-8(22)26-5-9-6-29-14-12(27-10(23)7-30-17(18,19)20)13(24)21(14)11(9)15(25)28-16(2,3)4/h12,14H,5-7H2,1-4H3/t12-,14+/m0/s1. The number of carbonyl (C=O) groups excluding carboxylic acids is 4. The fourth-order valence-electron chi connectivity index (χ4n) is 2.55. The van der Waals surface area contributed by atoms with Crippen LogP contribution in [0.5, 0.6) is 0 Å². The number of β-lactam (4-membered cyclic amide) rings is 1. The number of hydrogen-bond acceptors (Lipinski definition) is 9. The van der Waals surface area contributed by atoms with Crippen LogP contribution in [0.2, 0.25) is 0 Å². The smallest absolute Gasteiger partial charge is 0.442 e. The van der Waals surface area contributed by atoms with Crippen LogP contribution in [0.4, 0.5) is 13.2 Å². The lowest BCUT2D eigenvalue weighted by Crippen LogP contribution is -2.66. The molecule has 0 saturated carbocycles. The first-order valence-electron chi connectivity index (χ1n) is 8.63. The second-order valence-electron chi connectivity index (χ2n) is 7.29. The molecule has 2 atom stereocenters. The maximum Gasteiger partial charge on any atom is 0.442 e. The Bertz CT molecular complexity index is 776. The molecule has 2 rings (SSSR count). The van der Waals surface area contributed by atoms with Crippen LogP contribution >= 0.6 is 23.5 Å². The number of ether oxygens (including phenoxy) is 3. The van der Waals surface area contributed by atoms with E-state index in [2.05, 4.69) is 0 Å². The molecule has 8 nitrogen and oxygen atoms in total. The normalized spacial score (nSPS) is 21.6. The Morgan fingerprint density at radius 2 is 1.87 bits per heavy atom. The Morgan fingerprint density at radius 3 is 2.40 bits per heavy atom. The van der Waals surface area contributed by atoms with Crippen molar-refractivity contribution in [1.29, 1.82) is 0 Å². The molecule has 30 heavy (non-hydrogen) atoms. The van der Waals surface area contributed by atoms with Crippen molar-refractivity contribution in [2.75, 3.05) is 18.1 Å². The maximum atomic E-state index is 12.7. The number of carbonyl (C=O) groups is 4.